The van der Waals surface area contributed by atoms with Crippen LogP contribution in [-0.2, 0) is 16.8 Å². The van der Waals surface area contributed by atoms with Crippen LogP contribution in [0.4, 0.5) is 0 Å². The predicted molar refractivity (Wildman–Crippen MR) is 63.3 cm³/mol. The lowest BCUT2D eigenvalue weighted by molar-refractivity contribution is -0.122. The quantitative estimate of drug-likeness (QED) is 0.718. The molecule has 1 fully saturated rings. The SMILES string of the molecule is CC12CCC(=O)CC1NCc1ccccc12. The summed E-state index contributed by atoms with van der Waals surface area (Å²) in [5.41, 5.74) is 3.00. The Kier molecular flexibility index (Phi) is 2.15. The zero-order chi connectivity index (χ0) is 11.2. The van der Waals surface area contributed by atoms with Crippen LogP contribution in [0, 0.1) is 0 Å². The van der Waals surface area contributed by atoms with Crippen molar-refractivity contribution in [1.82, 2.24) is 5.32 Å². The first-order valence-corrected chi connectivity index (χ1v) is 6.03. The Labute approximate surface area is 96.1 Å². The molecule has 2 atom stereocenters. The van der Waals surface area contributed by atoms with Crippen molar-refractivity contribution in [3.8, 4) is 0 Å². The molecule has 1 aliphatic carbocycles. The smallest absolute Gasteiger partial charge is 0.134 e. The molecule has 84 valence electrons. The largest absolute Gasteiger partial charge is 0.309 e. The van der Waals surface area contributed by atoms with E-state index in [1.807, 2.05) is 0 Å². The summed E-state index contributed by atoms with van der Waals surface area (Å²) in [4.78, 5) is 11.5. The minimum absolute atomic E-state index is 0.156. The zero-order valence-corrected chi connectivity index (χ0v) is 9.62. The van der Waals surface area contributed by atoms with Crippen molar-refractivity contribution in [2.75, 3.05) is 0 Å². The normalized spacial score (nSPS) is 33.1. The summed E-state index contributed by atoms with van der Waals surface area (Å²) < 4.78 is 0. The van der Waals surface area contributed by atoms with Crippen molar-refractivity contribution in [2.45, 2.75) is 44.2 Å². The number of nitrogens with one attached hydrogen (secondary N) is 1. The van der Waals surface area contributed by atoms with E-state index in [-0.39, 0.29) is 5.41 Å². The standard InChI is InChI=1S/C14H17NO/c1-14-7-6-11(16)8-13(14)15-9-10-4-2-3-5-12(10)14/h2-5,13,15H,6-9H2,1H3. The lowest BCUT2D eigenvalue weighted by Gasteiger charge is -2.46. The summed E-state index contributed by atoms with van der Waals surface area (Å²) in [5.74, 6) is 0.411. The molecular formula is C14H17NO. The van der Waals surface area contributed by atoms with Gasteiger partial charge in [0, 0.05) is 30.8 Å². The molecule has 2 heteroatoms. The molecule has 0 radical (unpaired) electrons. The summed E-state index contributed by atoms with van der Waals surface area (Å²) in [6.45, 7) is 3.21. The Morgan fingerprint density at radius 1 is 1.38 bits per heavy atom. The van der Waals surface area contributed by atoms with Gasteiger partial charge in [0.25, 0.3) is 0 Å². The second kappa shape index (κ2) is 3.42. The molecule has 1 N–H and O–H groups in total. The third-order valence-corrected chi connectivity index (χ3v) is 4.30. The van der Waals surface area contributed by atoms with Crippen LogP contribution in [0.1, 0.15) is 37.3 Å². The van der Waals surface area contributed by atoms with Crippen molar-refractivity contribution >= 4 is 5.78 Å². The summed E-state index contributed by atoms with van der Waals surface area (Å²) >= 11 is 0. The molecule has 0 saturated heterocycles. The first-order valence-electron chi connectivity index (χ1n) is 6.03. The number of rotatable bonds is 0. The number of carbonyl (C=O) groups is 1. The fourth-order valence-corrected chi connectivity index (χ4v) is 3.21. The molecule has 0 amide bonds. The first kappa shape index (κ1) is 10.0. The highest BCUT2D eigenvalue weighted by Crippen LogP contribution is 2.42. The Morgan fingerprint density at radius 2 is 2.19 bits per heavy atom. The summed E-state index contributed by atoms with van der Waals surface area (Å²) in [7, 11) is 0. The van der Waals surface area contributed by atoms with Gasteiger partial charge in [-0.15, -0.1) is 0 Å². The van der Waals surface area contributed by atoms with Crippen LogP contribution in [0.25, 0.3) is 0 Å². The van der Waals surface area contributed by atoms with Crippen LogP contribution < -0.4 is 5.32 Å². The van der Waals surface area contributed by atoms with Crippen molar-refractivity contribution in [1.29, 1.82) is 0 Å². The van der Waals surface area contributed by atoms with Crippen LogP contribution in [0.15, 0.2) is 24.3 Å². The van der Waals surface area contributed by atoms with Crippen molar-refractivity contribution in [3.05, 3.63) is 35.4 Å². The number of benzene rings is 1. The van der Waals surface area contributed by atoms with Gasteiger partial charge in [-0.05, 0) is 17.5 Å². The van der Waals surface area contributed by atoms with Crippen LogP contribution in [0.3, 0.4) is 0 Å². The van der Waals surface area contributed by atoms with Gasteiger partial charge in [0.2, 0.25) is 0 Å². The number of Topliss-reactive ketones (excluding diaryl/α,β-unsaturated/α-hetero) is 1. The topological polar surface area (TPSA) is 29.1 Å². The highest BCUT2D eigenvalue weighted by molar-refractivity contribution is 5.80. The van der Waals surface area contributed by atoms with Gasteiger partial charge in [-0.25, -0.2) is 0 Å². The molecule has 1 aromatic rings. The van der Waals surface area contributed by atoms with Crippen LogP contribution in [0.2, 0.25) is 0 Å². The molecule has 0 aromatic heterocycles. The van der Waals surface area contributed by atoms with Gasteiger partial charge in [-0.2, -0.15) is 0 Å². The zero-order valence-electron chi connectivity index (χ0n) is 9.62. The van der Waals surface area contributed by atoms with E-state index in [0.29, 0.717) is 18.2 Å². The van der Waals surface area contributed by atoms with Gasteiger partial charge >= 0.3 is 0 Å². The van der Waals surface area contributed by atoms with Crippen molar-refractivity contribution < 1.29 is 4.79 Å². The Balaban J connectivity index is 2.07. The average molecular weight is 215 g/mol. The third kappa shape index (κ3) is 1.33. The van der Waals surface area contributed by atoms with E-state index < -0.39 is 0 Å². The fraction of sp³-hybridized carbons (Fsp3) is 0.500. The molecule has 1 heterocycles. The maximum atomic E-state index is 11.5. The molecule has 1 aromatic carbocycles. The van der Waals surface area contributed by atoms with E-state index >= 15 is 0 Å². The van der Waals surface area contributed by atoms with Crippen LogP contribution in [-0.4, -0.2) is 11.8 Å². The van der Waals surface area contributed by atoms with E-state index in [9.17, 15) is 4.79 Å². The molecule has 2 aliphatic rings. The third-order valence-electron chi connectivity index (χ3n) is 4.30. The lowest BCUT2D eigenvalue weighted by Crippen LogP contribution is -2.54. The van der Waals surface area contributed by atoms with E-state index in [2.05, 4.69) is 36.5 Å². The summed E-state index contributed by atoms with van der Waals surface area (Å²) in [6, 6.07) is 8.98. The number of fused-ring (bicyclic) bond motifs is 3. The van der Waals surface area contributed by atoms with E-state index in [1.54, 1.807) is 0 Å². The predicted octanol–water partition coefficient (Wildman–Crippen LogP) is 2.17. The monoisotopic (exact) mass is 215 g/mol. The van der Waals surface area contributed by atoms with Crippen molar-refractivity contribution in [2.24, 2.45) is 0 Å². The first-order chi connectivity index (χ1) is 7.70. The van der Waals surface area contributed by atoms with Gasteiger partial charge in [0.05, 0.1) is 0 Å². The van der Waals surface area contributed by atoms with Gasteiger partial charge in [0.1, 0.15) is 5.78 Å². The fourth-order valence-electron chi connectivity index (χ4n) is 3.21. The number of carbonyl (C=O) groups excluding carboxylic acids is 1. The van der Waals surface area contributed by atoms with Gasteiger partial charge < -0.3 is 5.32 Å². The lowest BCUT2D eigenvalue weighted by atomic mass is 9.64. The Hall–Kier alpha value is -1.15. The maximum absolute atomic E-state index is 11.5. The molecule has 1 aliphatic heterocycles. The highest BCUT2D eigenvalue weighted by atomic mass is 16.1. The van der Waals surface area contributed by atoms with E-state index in [1.165, 1.54) is 11.1 Å². The second-order valence-corrected chi connectivity index (χ2v) is 5.25. The highest BCUT2D eigenvalue weighted by Gasteiger charge is 2.43. The number of hydrogen-bond donors (Lipinski definition) is 1. The van der Waals surface area contributed by atoms with Gasteiger partial charge in [-0.3, -0.25) is 4.79 Å². The molecule has 2 unspecified atom stereocenters. The minimum Gasteiger partial charge on any atom is -0.309 e. The minimum atomic E-state index is 0.156. The molecule has 3 rings (SSSR count). The number of ketones is 1. The van der Waals surface area contributed by atoms with E-state index in [4.69, 9.17) is 0 Å². The Morgan fingerprint density at radius 3 is 3.06 bits per heavy atom. The molecular weight excluding hydrogens is 198 g/mol. The summed E-state index contributed by atoms with van der Waals surface area (Å²) in [6.07, 6.45) is 2.42. The molecule has 0 bridgehead atoms. The maximum Gasteiger partial charge on any atom is 0.134 e. The average Bonchev–Trinajstić information content (AvgIpc) is 2.31. The summed E-state index contributed by atoms with van der Waals surface area (Å²) in [5, 5.41) is 3.53. The van der Waals surface area contributed by atoms with Gasteiger partial charge in [-0.1, -0.05) is 31.2 Å². The second-order valence-electron chi connectivity index (χ2n) is 5.25. The van der Waals surface area contributed by atoms with Crippen LogP contribution in [0.5, 0.6) is 0 Å². The van der Waals surface area contributed by atoms with Gasteiger partial charge in [0.15, 0.2) is 0 Å². The van der Waals surface area contributed by atoms with Crippen molar-refractivity contribution in [3.63, 3.8) is 0 Å². The molecule has 1 saturated carbocycles. The van der Waals surface area contributed by atoms with E-state index in [0.717, 1.165) is 19.4 Å². The molecule has 2 nitrogen and oxygen atoms in total. The van der Waals surface area contributed by atoms with Crippen LogP contribution >= 0.6 is 0 Å². The number of hydrogen-bond acceptors (Lipinski definition) is 2. The molecule has 16 heavy (non-hydrogen) atoms. The molecule has 0 spiro atoms. The Bertz CT molecular complexity index is 440.